The lowest BCUT2D eigenvalue weighted by molar-refractivity contribution is 0.418. The summed E-state index contributed by atoms with van der Waals surface area (Å²) in [7, 11) is -6.54. The van der Waals surface area contributed by atoms with Gasteiger partial charge in [0.15, 0.2) is 0 Å². The summed E-state index contributed by atoms with van der Waals surface area (Å²) in [5.74, 6) is 0. The van der Waals surface area contributed by atoms with Crippen LogP contribution >= 0.6 is 0 Å². The average Bonchev–Trinajstić information content (AvgIpc) is 2.28. The predicted octanol–water partition coefficient (Wildman–Crippen LogP) is -1.52. The summed E-state index contributed by atoms with van der Waals surface area (Å²) >= 11 is 0. The molecule has 0 aromatic heterocycles. The van der Waals surface area contributed by atoms with Crippen LogP contribution in [0.4, 0.5) is 0 Å². The van der Waals surface area contributed by atoms with Crippen LogP contribution in [0.15, 0.2) is 0 Å². The van der Waals surface area contributed by atoms with Crippen molar-refractivity contribution in [3.63, 3.8) is 0 Å². The molecule has 1 aliphatic rings. The van der Waals surface area contributed by atoms with Crippen molar-refractivity contribution >= 4 is 20.0 Å². The molecule has 0 saturated carbocycles. The van der Waals surface area contributed by atoms with Gasteiger partial charge in [0.2, 0.25) is 20.0 Å². The maximum Gasteiger partial charge on any atom is 0.212 e. The van der Waals surface area contributed by atoms with Crippen LogP contribution in [-0.4, -0.2) is 57.7 Å². The molecule has 0 radical (unpaired) electrons. The van der Waals surface area contributed by atoms with E-state index in [2.05, 4.69) is 0 Å². The molecular formula is C5H12N2O4S2. The highest BCUT2D eigenvalue weighted by Gasteiger charge is 2.31. The summed E-state index contributed by atoms with van der Waals surface area (Å²) in [6, 6.07) is 0. The van der Waals surface area contributed by atoms with Gasteiger partial charge in [-0.3, -0.25) is 0 Å². The molecular weight excluding hydrogens is 216 g/mol. The minimum atomic E-state index is -3.27. The first-order valence-electron chi connectivity index (χ1n) is 3.61. The Bertz CT molecular complexity index is 347. The predicted molar refractivity (Wildman–Crippen MR) is 48.0 cm³/mol. The third kappa shape index (κ3) is 2.63. The van der Waals surface area contributed by atoms with Crippen LogP contribution in [0.1, 0.15) is 0 Å². The molecule has 1 aliphatic heterocycles. The van der Waals surface area contributed by atoms with E-state index in [0.717, 1.165) is 21.1 Å². The van der Waals surface area contributed by atoms with Crippen molar-refractivity contribution in [2.45, 2.75) is 0 Å². The summed E-state index contributed by atoms with van der Waals surface area (Å²) in [6.07, 6.45) is 2.14. The average molecular weight is 228 g/mol. The number of hydrogen-bond donors (Lipinski definition) is 0. The second-order valence-electron chi connectivity index (χ2n) is 3.02. The van der Waals surface area contributed by atoms with E-state index in [1.807, 2.05) is 0 Å². The summed E-state index contributed by atoms with van der Waals surface area (Å²) in [5, 5.41) is 0. The van der Waals surface area contributed by atoms with E-state index in [4.69, 9.17) is 0 Å². The van der Waals surface area contributed by atoms with Gasteiger partial charge in [0.25, 0.3) is 0 Å². The van der Waals surface area contributed by atoms with Crippen LogP contribution in [0.2, 0.25) is 0 Å². The fraction of sp³-hybridized carbons (Fsp3) is 1.00. The maximum atomic E-state index is 11.0. The summed E-state index contributed by atoms with van der Waals surface area (Å²) in [6.45, 7) is 0.426. The Labute approximate surface area is 78.2 Å². The zero-order valence-corrected chi connectivity index (χ0v) is 9.10. The number of hydrogen-bond acceptors (Lipinski definition) is 4. The number of rotatable bonds is 2. The largest absolute Gasteiger partial charge is 0.212 e. The molecule has 1 saturated heterocycles. The second kappa shape index (κ2) is 3.19. The molecule has 0 spiro atoms. The van der Waals surface area contributed by atoms with E-state index in [0.29, 0.717) is 0 Å². The van der Waals surface area contributed by atoms with Gasteiger partial charge < -0.3 is 0 Å². The Hall–Kier alpha value is -0.180. The van der Waals surface area contributed by atoms with Crippen LogP contribution in [0.5, 0.6) is 0 Å². The molecule has 6 nitrogen and oxygen atoms in total. The van der Waals surface area contributed by atoms with Gasteiger partial charge in [0.05, 0.1) is 19.2 Å². The van der Waals surface area contributed by atoms with E-state index in [1.54, 1.807) is 0 Å². The zero-order valence-electron chi connectivity index (χ0n) is 7.47. The molecule has 1 heterocycles. The van der Waals surface area contributed by atoms with Crippen molar-refractivity contribution < 1.29 is 16.8 Å². The fourth-order valence-electron chi connectivity index (χ4n) is 1.08. The third-order valence-electron chi connectivity index (χ3n) is 1.85. The summed E-state index contributed by atoms with van der Waals surface area (Å²) in [5.41, 5.74) is 0. The highest BCUT2D eigenvalue weighted by molar-refractivity contribution is 7.89. The molecule has 0 aromatic carbocycles. The molecule has 8 heteroatoms. The summed E-state index contributed by atoms with van der Waals surface area (Å²) < 4.78 is 46.3. The Morgan fingerprint density at radius 2 is 1.15 bits per heavy atom. The monoisotopic (exact) mass is 228 g/mol. The minimum Gasteiger partial charge on any atom is -0.212 e. The van der Waals surface area contributed by atoms with Crippen molar-refractivity contribution in [3.05, 3.63) is 0 Å². The first kappa shape index (κ1) is 10.9. The minimum absolute atomic E-state index is 0.0579. The molecule has 0 unspecified atom stereocenters. The lowest BCUT2D eigenvalue weighted by Gasteiger charge is -2.13. The van der Waals surface area contributed by atoms with E-state index in [9.17, 15) is 16.8 Å². The standard InChI is InChI=1S/C5H12N2O4S2/c1-12(8,9)6-3-4-7(5-6)13(2,10)11/h3-5H2,1-2H3. The Morgan fingerprint density at radius 1 is 0.846 bits per heavy atom. The van der Waals surface area contributed by atoms with Crippen LogP contribution in [0.3, 0.4) is 0 Å². The second-order valence-corrected chi connectivity index (χ2v) is 6.98. The third-order valence-corrected chi connectivity index (χ3v) is 4.32. The Morgan fingerprint density at radius 3 is 1.31 bits per heavy atom. The lowest BCUT2D eigenvalue weighted by Crippen LogP contribution is -2.32. The molecule has 0 N–H and O–H groups in total. The summed E-state index contributed by atoms with van der Waals surface area (Å²) in [4.78, 5) is 0. The smallest absolute Gasteiger partial charge is 0.212 e. The van der Waals surface area contributed by atoms with Crippen molar-refractivity contribution in [2.24, 2.45) is 0 Å². The van der Waals surface area contributed by atoms with Gasteiger partial charge in [-0.05, 0) is 0 Å². The van der Waals surface area contributed by atoms with Gasteiger partial charge in [0.1, 0.15) is 0 Å². The van der Waals surface area contributed by atoms with Crippen LogP contribution < -0.4 is 0 Å². The van der Waals surface area contributed by atoms with Gasteiger partial charge in [-0.1, -0.05) is 0 Å². The molecule has 0 atom stereocenters. The SMILES string of the molecule is CS(=O)(=O)N1CCN(S(C)(=O)=O)C1. The molecule has 0 amide bonds. The molecule has 78 valence electrons. The van der Waals surface area contributed by atoms with Crippen LogP contribution in [0.25, 0.3) is 0 Å². The van der Waals surface area contributed by atoms with Gasteiger partial charge >= 0.3 is 0 Å². The number of nitrogens with zero attached hydrogens (tertiary/aromatic N) is 2. The van der Waals surface area contributed by atoms with E-state index in [-0.39, 0.29) is 19.8 Å². The molecule has 1 rings (SSSR count). The molecule has 0 aliphatic carbocycles. The Balaban J connectivity index is 2.77. The van der Waals surface area contributed by atoms with Gasteiger partial charge in [-0.15, -0.1) is 0 Å². The van der Waals surface area contributed by atoms with E-state index >= 15 is 0 Å². The topological polar surface area (TPSA) is 74.8 Å². The normalized spacial score (nSPS) is 22.3. The van der Waals surface area contributed by atoms with Crippen molar-refractivity contribution in [2.75, 3.05) is 32.3 Å². The maximum absolute atomic E-state index is 11.0. The zero-order chi connectivity index (χ0) is 10.3. The molecule has 0 aromatic rings. The Kier molecular flexibility index (Phi) is 2.68. The van der Waals surface area contributed by atoms with Crippen molar-refractivity contribution in [1.82, 2.24) is 8.61 Å². The quantitative estimate of drug-likeness (QED) is 0.575. The van der Waals surface area contributed by atoms with Crippen molar-refractivity contribution in [1.29, 1.82) is 0 Å². The van der Waals surface area contributed by atoms with Crippen molar-refractivity contribution in [3.8, 4) is 0 Å². The molecule has 0 bridgehead atoms. The van der Waals surface area contributed by atoms with Gasteiger partial charge in [-0.2, -0.15) is 8.61 Å². The van der Waals surface area contributed by atoms with Crippen LogP contribution in [-0.2, 0) is 20.0 Å². The fourth-order valence-corrected chi connectivity index (χ4v) is 2.68. The molecule has 1 fully saturated rings. The van der Waals surface area contributed by atoms with Crippen LogP contribution in [0, 0.1) is 0 Å². The first-order valence-corrected chi connectivity index (χ1v) is 7.31. The number of sulfonamides is 2. The van der Waals surface area contributed by atoms with Gasteiger partial charge in [0, 0.05) is 13.1 Å². The lowest BCUT2D eigenvalue weighted by atomic mass is 10.7. The van der Waals surface area contributed by atoms with E-state index < -0.39 is 20.0 Å². The van der Waals surface area contributed by atoms with E-state index in [1.165, 1.54) is 0 Å². The highest BCUT2D eigenvalue weighted by atomic mass is 32.2. The van der Waals surface area contributed by atoms with Gasteiger partial charge in [-0.25, -0.2) is 16.8 Å². The highest BCUT2D eigenvalue weighted by Crippen LogP contribution is 2.11. The molecule has 13 heavy (non-hydrogen) atoms. The first-order chi connectivity index (χ1) is 5.71.